The van der Waals surface area contributed by atoms with Crippen LogP contribution in [0, 0.1) is 5.82 Å². The van der Waals surface area contributed by atoms with Gasteiger partial charge in [-0.15, -0.1) is 0 Å². The fourth-order valence-electron chi connectivity index (χ4n) is 3.40. The molecule has 0 aliphatic heterocycles. The van der Waals surface area contributed by atoms with E-state index in [0.717, 1.165) is 24.0 Å². The summed E-state index contributed by atoms with van der Waals surface area (Å²) in [6, 6.07) is 14.2. The predicted molar refractivity (Wildman–Crippen MR) is 115 cm³/mol. The Balaban J connectivity index is 1.27. The molecule has 2 aromatic carbocycles. The Morgan fingerprint density at radius 1 is 1.20 bits per heavy atom. The molecule has 30 heavy (non-hydrogen) atoms. The topological polar surface area (TPSA) is 75.3 Å². The van der Waals surface area contributed by atoms with Gasteiger partial charge in [-0.25, -0.2) is 4.39 Å². The fraction of sp³-hybridized carbons (Fsp3) is 0.318. The number of guanidine groups is 1. The molecule has 1 aliphatic rings. The lowest BCUT2D eigenvalue weighted by Crippen LogP contribution is -2.42. The lowest BCUT2D eigenvalue weighted by molar-refractivity contribution is 0.378. The molecule has 1 aromatic heterocycles. The third-order valence-corrected chi connectivity index (χ3v) is 5.53. The van der Waals surface area contributed by atoms with Crippen molar-refractivity contribution >= 4 is 17.6 Å². The van der Waals surface area contributed by atoms with Gasteiger partial charge in [-0.3, -0.25) is 4.99 Å². The number of hydrogen-bond acceptors (Lipinski definition) is 4. The van der Waals surface area contributed by atoms with Crippen LogP contribution in [0.3, 0.4) is 0 Å². The first-order valence-electron chi connectivity index (χ1n) is 9.87. The summed E-state index contributed by atoms with van der Waals surface area (Å²) in [6.07, 6.45) is 2.63. The van der Waals surface area contributed by atoms with Crippen molar-refractivity contribution in [1.29, 1.82) is 0 Å². The van der Waals surface area contributed by atoms with Gasteiger partial charge in [0.2, 0.25) is 11.7 Å². The second-order valence-electron chi connectivity index (χ2n) is 7.42. The van der Waals surface area contributed by atoms with Gasteiger partial charge in [0.1, 0.15) is 5.82 Å². The number of nitrogens with zero attached hydrogens (tertiary/aromatic N) is 3. The van der Waals surface area contributed by atoms with Crippen molar-refractivity contribution < 1.29 is 8.91 Å². The maximum Gasteiger partial charge on any atom is 0.228 e. The SMILES string of the molecule is CN=C(NCCc1nc(-c2cccc(Cl)c2)no1)NCC1(c2cccc(F)c2)CC1. The summed E-state index contributed by atoms with van der Waals surface area (Å²) in [7, 11) is 1.72. The van der Waals surface area contributed by atoms with Gasteiger partial charge in [-0.1, -0.05) is 41.0 Å². The highest BCUT2D eigenvalue weighted by Crippen LogP contribution is 2.47. The number of halogens is 2. The zero-order valence-electron chi connectivity index (χ0n) is 16.7. The van der Waals surface area contributed by atoms with Gasteiger partial charge in [0.05, 0.1) is 0 Å². The van der Waals surface area contributed by atoms with Crippen LogP contribution in [0.4, 0.5) is 4.39 Å². The zero-order chi connectivity index (χ0) is 21.0. The monoisotopic (exact) mass is 427 g/mol. The smallest absolute Gasteiger partial charge is 0.228 e. The first-order valence-corrected chi connectivity index (χ1v) is 10.2. The number of aliphatic imine (C=N–C) groups is 1. The number of nitrogens with one attached hydrogen (secondary N) is 2. The van der Waals surface area contributed by atoms with Crippen LogP contribution in [-0.2, 0) is 11.8 Å². The molecule has 0 saturated heterocycles. The molecule has 0 atom stereocenters. The second-order valence-corrected chi connectivity index (χ2v) is 7.85. The largest absolute Gasteiger partial charge is 0.356 e. The highest BCUT2D eigenvalue weighted by molar-refractivity contribution is 6.30. The molecule has 1 fully saturated rings. The molecule has 1 heterocycles. The van der Waals surface area contributed by atoms with Crippen molar-refractivity contribution in [1.82, 2.24) is 20.8 Å². The van der Waals surface area contributed by atoms with E-state index in [1.54, 1.807) is 31.3 Å². The number of aromatic nitrogens is 2. The molecule has 0 spiro atoms. The van der Waals surface area contributed by atoms with E-state index in [1.807, 2.05) is 18.2 Å². The van der Waals surface area contributed by atoms with Gasteiger partial charge >= 0.3 is 0 Å². The van der Waals surface area contributed by atoms with Gasteiger partial charge in [-0.05, 0) is 42.7 Å². The average Bonchev–Trinajstić information content (AvgIpc) is 3.40. The Morgan fingerprint density at radius 3 is 2.77 bits per heavy atom. The summed E-state index contributed by atoms with van der Waals surface area (Å²) < 4.78 is 18.9. The van der Waals surface area contributed by atoms with Gasteiger partial charge in [0.15, 0.2) is 5.96 Å². The summed E-state index contributed by atoms with van der Waals surface area (Å²) in [5.41, 5.74) is 1.83. The molecule has 0 radical (unpaired) electrons. The quantitative estimate of drug-likeness (QED) is 0.441. The summed E-state index contributed by atoms with van der Waals surface area (Å²) in [6.45, 7) is 1.29. The molecule has 0 amide bonds. The average molecular weight is 428 g/mol. The summed E-state index contributed by atoms with van der Waals surface area (Å²) in [5, 5.41) is 11.2. The van der Waals surface area contributed by atoms with Crippen LogP contribution in [0.1, 0.15) is 24.3 Å². The Labute approximate surface area is 179 Å². The number of hydrogen-bond donors (Lipinski definition) is 2. The minimum atomic E-state index is -0.196. The highest BCUT2D eigenvalue weighted by Gasteiger charge is 2.44. The van der Waals surface area contributed by atoms with Gasteiger partial charge < -0.3 is 15.2 Å². The minimum Gasteiger partial charge on any atom is -0.356 e. The minimum absolute atomic E-state index is 0.0158. The molecular weight excluding hydrogens is 405 g/mol. The summed E-state index contributed by atoms with van der Waals surface area (Å²) in [5.74, 6) is 1.54. The molecule has 8 heteroatoms. The van der Waals surface area contributed by atoms with E-state index in [2.05, 4.69) is 25.8 Å². The lowest BCUT2D eigenvalue weighted by Gasteiger charge is -2.19. The van der Waals surface area contributed by atoms with Gasteiger partial charge in [0, 0.05) is 42.6 Å². The molecule has 3 aromatic rings. The summed E-state index contributed by atoms with van der Waals surface area (Å²) in [4.78, 5) is 8.68. The molecule has 4 rings (SSSR count). The van der Waals surface area contributed by atoms with E-state index in [0.29, 0.717) is 42.2 Å². The fourth-order valence-corrected chi connectivity index (χ4v) is 3.59. The Bertz CT molecular complexity index is 1050. The third kappa shape index (κ3) is 4.79. The zero-order valence-corrected chi connectivity index (χ0v) is 17.4. The molecule has 0 unspecified atom stereocenters. The molecule has 156 valence electrons. The molecule has 6 nitrogen and oxygen atoms in total. The Kier molecular flexibility index (Phi) is 5.99. The number of benzene rings is 2. The first kappa shape index (κ1) is 20.3. The van der Waals surface area contributed by atoms with Crippen molar-refractivity contribution in [3.8, 4) is 11.4 Å². The van der Waals surface area contributed by atoms with Crippen LogP contribution >= 0.6 is 11.6 Å². The maximum atomic E-state index is 13.6. The molecule has 1 aliphatic carbocycles. The first-order chi connectivity index (χ1) is 14.6. The van der Waals surface area contributed by atoms with E-state index in [-0.39, 0.29) is 11.2 Å². The molecule has 0 bridgehead atoms. The van der Waals surface area contributed by atoms with Crippen molar-refractivity contribution in [3.63, 3.8) is 0 Å². The van der Waals surface area contributed by atoms with Crippen molar-refractivity contribution in [3.05, 3.63) is 70.8 Å². The van der Waals surface area contributed by atoms with Crippen LogP contribution in [-0.4, -0.2) is 36.2 Å². The van der Waals surface area contributed by atoms with Gasteiger partial charge in [-0.2, -0.15) is 4.98 Å². The Hall–Kier alpha value is -2.93. The van der Waals surface area contributed by atoms with Crippen LogP contribution in [0.2, 0.25) is 5.02 Å². The van der Waals surface area contributed by atoms with E-state index in [1.165, 1.54) is 6.07 Å². The standard InChI is InChI=1S/C22H23ClFN5O/c1-25-21(27-14-22(9-10-22)16-5-3-7-18(24)13-16)26-11-8-19-28-20(29-30-19)15-4-2-6-17(23)12-15/h2-7,12-13H,8-11,14H2,1H3,(H2,25,26,27). The van der Waals surface area contributed by atoms with Crippen LogP contribution in [0.25, 0.3) is 11.4 Å². The molecule has 2 N–H and O–H groups in total. The van der Waals surface area contributed by atoms with Crippen LogP contribution < -0.4 is 10.6 Å². The van der Waals surface area contributed by atoms with Crippen LogP contribution in [0.15, 0.2) is 58.0 Å². The summed E-state index contributed by atoms with van der Waals surface area (Å²) >= 11 is 6.01. The maximum absolute atomic E-state index is 13.6. The molecular formula is C22H23ClFN5O. The second kappa shape index (κ2) is 8.83. The van der Waals surface area contributed by atoms with Crippen molar-refractivity contribution in [2.75, 3.05) is 20.1 Å². The van der Waals surface area contributed by atoms with Crippen LogP contribution in [0.5, 0.6) is 0 Å². The normalized spacial score (nSPS) is 15.1. The van der Waals surface area contributed by atoms with E-state index < -0.39 is 0 Å². The number of rotatable bonds is 7. The van der Waals surface area contributed by atoms with Gasteiger partial charge in [0.25, 0.3) is 0 Å². The van der Waals surface area contributed by atoms with E-state index in [4.69, 9.17) is 16.1 Å². The third-order valence-electron chi connectivity index (χ3n) is 5.29. The lowest BCUT2D eigenvalue weighted by atomic mass is 9.96. The van der Waals surface area contributed by atoms with E-state index >= 15 is 0 Å². The Morgan fingerprint density at radius 2 is 2.03 bits per heavy atom. The highest BCUT2D eigenvalue weighted by atomic mass is 35.5. The predicted octanol–water partition coefficient (Wildman–Crippen LogP) is 3.97. The van der Waals surface area contributed by atoms with Crippen molar-refractivity contribution in [2.24, 2.45) is 4.99 Å². The van der Waals surface area contributed by atoms with Crippen molar-refractivity contribution in [2.45, 2.75) is 24.7 Å². The molecule has 1 saturated carbocycles. The van der Waals surface area contributed by atoms with E-state index in [9.17, 15) is 4.39 Å².